The molecule has 0 bridgehead atoms. The number of aliphatic hydroxyl groups excluding tert-OH is 1. The van der Waals surface area contributed by atoms with Gasteiger partial charge in [0.2, 0.25) is 5.91 Å². The van der Waals surface area contributed by atoms with E-state index < -0.39 is 0 Å². The van der Waals surface area contributed by atoms with Crippen LogP contribution in [0.4, 0.5) is 4.39 Å². The molecular weight excluding hydrogens is 229 g/mol. The first-order valence-electron chi connectivity index (χ1n) is 4.90. The van der Waals surface area contributed by atoms with Gasteiger partial charge in [0.05, 0.1) is 12.4 Å². The maximum absolute atomic E-state index is 12.6. The Morgan fingerprint density at radius 2 is 2.12 bits per heavy atom. The molecule has 16 heavy (non-hydrogen) atoms. The molecule has 1 amide bonds. The van der Waals surface area contributed by atoms with Gasteiger partial charge in [0.15, 0.2) is 0 Å². The maximum Gasteiger partial charge on any atom is 0.230 e. The average Bonchev–Trinajstić information content (AvgIpc) is 2.28. The van der Waals surface area contributed by atoms with Crippen molar-refractivity contribution in [2.24, 2.45) is 0 Å². The predicted molar refractivity (Wildman–Crippen MR) is 61.8 cm³/mol. The second-order valence-corrected chi connectivity index (χ2v) is 4.44. The van der Waals surface area contributed by atoms with Gasteiger partial charge in [0.25, 0.3) is 0 Å². The van der Waals surface area contributed by atoms with E-state index in [9.17, 15) is 9.18 Å². The molecule has 0 saturated heterocycles. The number of nitrogens with one attached hydrogen (secondary N) is 1. The van der Waals surface area contributed by atoms with E-state index >= 15 is 0 Å². The second-order valence-electron chi connectivity index (χ2n) is 3.39. The molecule has 2 N–H and O–H groups in total. The summed E-state index contributed by atoms with van der Waals surface area (Å²) in [4.78, 5) is 12.2. The van der Waals surface area contributed by atoms with E-state index in [1.807, 2.05) is 0 Å². The first-order chi connectivity index (χ1) is 7.61. The Morgan fingerprint density at radius 3 is 2.69 bits per heavy atom. The van der Waals surface area contributed by atoms with Crippen LogP contribution in [-0.4, -0.2) is 29.4 Å². The molecule has 0 aliphatic rings. The van der Waals surface area contributed by atoms with Crippen LogP contribution in [0.25, 0.3) is 0 Å². The minimum atomic E-state index is -0.289. The highest BCUT2D eigenvalue weighted by atomic mass is 32.2. The fraction of sp³-hybridized carbons (Fsp3) is 0.364. The Kier molecular flexibility index (Phi) is 5.28. The molecule has 5 heteroatoms. The molecule has 0 saturated carbocycles. The van der Waals surface area contributed by atoms with E-state index in [0.717, 1.165) is 4.90 Å². The number of halogens is 1. The SMILES string of the molecule is C[C@@H](CO)NC(=O)CSc1ccc(F)cc1. The summed E-state index contributed by atoms with van der Waals surface area (Å²) >= 11 is 1.33. The molecule has 0 aliphatic heterocycles. The summed E-state index contributed by atoms with van der Waals surface area (Å²) in [6.07, 6.45) is 0. The molecule has 0 spiro atoms. The highest BCUT2D eigenvalue weighted by molar-refractivity contribution is 8.00. The molecule has 88 valence electrons. The molecule has 0 fully saturated rings. The number of rotatable bonds is 5. The molecule has 1 rings (SSSR count). The van der Waals surface area contributed by atoms with Crippen LogP contribution < -0.4 is 5.32 Å². The summed E-state index contributed by atoms with van der Waals surface area (Å²) in [7, 11) is 0. The molecule has 1 aromatic carbocycles. The topological polar surface area (TPSA) is 49.3 Å². The fourth-order valence-electron chi connectivity index (χ4n) is 1.04. The van der Waals surface area contributed by atoms with Crippen LogP contribution in [-0.2, 0) is 4.79 Å². The Labute approximate surface area is 98.1 Å². The van der Waals surface area contributed by atoms with E-state index in [4.69, 9.17) is 5.11 Å². The van der Waals surface area contributed by atoms with Crippen LogP contribution in [0.2, 0.25) is 0 Å². The van der Waals surface area contributed by atoms with Crippen LogP contribution in [0.3, 0.4) is 0 Å². The first kappa shape index (κ1) is 13.0. The van der Waals surface area contributed by atoms with Crippen molar-refractivity contribution in [2.45, 2.75) is 17.9 Å². The average molecular weight is 243 g/mol. The zero-order chi connectivity index (χ0) is 12.0. The van der Waals surface area contributed by atoms with Crippen molar-refractivity contribution in [2.75, 3.05) is 12.4 Å². The van der Waals surface area contributed by atoms with Gasteiger partial charge < -0.3 is 10.4 Å². The van der Waals surface area contributed by atoms with E-state index in [1.165, 1.54) is 23.9 Å². The van der Waals surface area contributed by atoms with Crippen molar-refractivity contribution in [3.05, 3.63) is 30.1 Å². The maximum atomic E-state index is 12.6. The van der Waals surface area contributed by atoms with Gasteiger partial charge in [-0.25, -0.2) is 4.39 Å². The number of hydrogen-bond donors (Lipinski definition) is 2. The van der Waals surface area contributed by atoms with Crippen LogP contribution in [0.5, 0.6) is 0 Å². The molecule has 0 aromatic heterocycles. The number of benzene rings is 1. The highest BCUT2D eigenvalue weighted by Gasteiger charge is 2.06. The highest BCUT2D eigenvalue weighted by Crippen LogP contribution is 2.17. The van der Waals surface area contributed by atoms with E-state index in [0.29, 0.717) is 0 Å². The third-order valence-corrected chi connectivity index (χ3v) is 2.88. The van der Waals surface area contributed by atoms with Gasteiger partial charge in [-0.3, -0.25) is 4.79 Å². The predicted octanol–water partition coefficient (Wildman–Crippen LogP) is 1.41. The molecule has 3 nitrogen and oxygen atoms in total. The van der Waals surface area contributed by atoms with Crippen molar-refractivity contribution in [1.82, 2.24) is 5.32 Å². The van der Waals surface area contributed by atoms with Crippen LogP contribution in [0.1, 0.15) is 6.92 Å². The van der Waals surface area contributed by atoms with Gasteiger partial charge in [0.1, 0.15) is 5.82 Å². The molecule has 0 radical (unpaired) electrons. The van der Waals surface area contributed by atoms with Gasteiger partial charge in [-0.15, -0.1) is 11.8 Å². The molecule has 1 aromatic rings. The van der Waals surface area contributed by atoms with Gasteiger partial charge in [0, 0.05) is 10.9 Å². The first-order valence-corrected chi connectivity index (χ1v) is 5.89. The standard InChI is InChI=1S/C11H14FNO2S/c1-8(6-14)13-11(15)7-16-10-4-2-9(12)3-5-10/h2-5,8,14H,6-7H2,1H3,(H,13,15)/t8-/m0/s1. The van der Waals surface area contributed by atoms with Crippen molar-refractivity contribution in [3.63, 3.8) is 0 Å². The summed E-state index contributed by atoms with van der Waals surface area (Å²) in [6.45, 7) is 1.65. The number of hydrogen-bond acceptors (Lipinski definition) is 3. The fourth-order valence-corrected chi connectivity index (χ4v) is 1.75. The number of amides is 1. The van der Waals surface area contributed by atoms with Gasteiger partial charge in [-0.2, -0.15) is 0 Å². The summed E-state index contributed by atoms with van der Waals surface area (Å²) < 4.78 is 12.6. The second kappa shape index (κ2) is 6.50. The molecule has 0 unspecified atom stereocenters. The van der Waals surface area contributed by atoms with Crippen molar-refractivity contribution in [3.8, 4) is 0 Å². The summed E-state index contributed by atoms with van der Waals surface area (Å²) in [5.41, 5.74) is 0. The lowest BCUT2D eigenvalue weighted by Crippen LogP contribution is -2.36. The van der Waals surface area contributed by atoms with Crippen molar-refractivity contribution < 1.29 is 14.3 Å². The van der Waals surface area contributed by atoms with Crippen LogP contribution in [0.15, 0.2) is 29.2 Å². The minimum Gasteiger partial charge on any atom is -0.394 e. The third-order valence-electron chi connectivity index (χ3n) is 1.86. The Hall–Kier alpha value is -1.07. The van der Waals surface area contributed by atoms with Crippen LogP contribution >= 0.6 is 11.8 Å². The lowest BCUT2D eigenvalue weighted by Gasteiger charge is -2.10. The summed E-state index contributed by atoms with van der Waals surface area (Å²) in [5.74, 6) is -0.172. The quantitative estimate of drug-likeness (QED) is 0.769. The van der Waals surface area contributed by atoms with E-state index in [1.54, 1.807) is 19.1 Å². The Morgan fingerprint density at radius 1 is 1.50 bits per heavy atom. The molecule has 0 heterocycles. The van der Waals surface area contributed by atoms with Crippen molar-refractivity contribution in [1.29, 1.82) is 0 Å². The van der Waals surface area contributed by atoms with E-state index in [2.05, 4.69) is 5.32 Å². The van der Waals surface area contributed by atoms with Gasteiger partial charge in [-0.1, -0.05) is 0 Å². The zero-order valence-corrected chi connectivity index (χ0v) is 9.76. The van der Waals surface area contributed by atoms with Gasteiger partial charge in [-0.05, 0) is 31.2 Å². The van der Waals surface area contributed by atoms with Crippen LogP contribution in [0, 0.1) is 5.82 Å². The number of carbonyl (C=O) groups excluding carboxylic acids is 1. The number of carbonyl (C=O) groups is 1. The Balaban J connectivity index is 2.34. The van der Waals surface area contributed by atoms with Gasteiger partial charge >= 0.3 is 0 Å². The lowest BCUT2D eigenvalue weighted by molar-refractivity contribution is -0.119. The summed E-state index contributed by atoms with van der Waals surface area (Å²) in [5, 5.41) is 11.4. The minimum absolute atomic E-state index is 0.0764. The molecule has 0 aliphatic carbocycles. The normalized spacial score (nSPS) is 12.2. The number of aliphatic hydroxyl groups is 1. The molecule has 1 atom stereocenters. The smallest absolute Gasteiger partial charge is 0.230 e. The lowest BCUT2D eigenvalue weighted by atomic mass is 10.3. The Bertz CT molecular complexity index is 342. The summed E-state index contributed by atoms with van der Waals surface area (Å²) in [6, 6.07) is 5.74. The largest absolute Gasteiger partial charge is 0.394 e. The van der Waals surface area contributed by atoms with Crippen molar-refractivity contribution >= 4 is 17.7 Å². The monoisotopic (exact) mass is 243 g/mol. The molecular formula is C11H14FNO2S. The third kappa shape index (κ3) is 4.63. The number of thioether (sulfide) groups is 1. The van der Waals surface area contributed by atoms with E-state index in [-0.39, 0.29) is 30.1 Å². The zero-order valence-electron chi connectivity index (χ0n) is 8.94.